The number of likely N-dealkylation sites (tertiary alicyclic amines) is 1. The van der Waals surface area contributed by atoms with Gasteiger partial charge >= 0.3 is 0 Å². The summed E-state index contributed by atoms with van der Waals surface area (Å²) < 4.78 is 1.14. The van der Waals surface area contributed by atoms with Gasteiger partial charge in [-0.1, -0.05) is 46.6 Å². The second-order valence-corrected chi connectivity index (χ2v) is 5.71. The molecule has 0 bridgehead atoms. The summed E-state index contributed by atoms with van der Waals surface area (Å²) >= 11 is 3.45. The Balaban J connectivity index is 1.86. The molecule has 1 nitrogen and oxygen atoms in total. The van der Waals surface area contributed by atoms with Gasteiger partial charge in [0.2, 0.25) is 0 Å². The molecule has 0 amide bonds. The summed E-state index contributed by atoms with van der Waals surface area (Å²) in [6, 6.07) is 9.20. The molecule has 1 unspecified atom stereocenters. The van der Waals surface area contributed by atoms with E-state index in [1.807, 2.05) is 0 Å². The Hall–Kier alpha value is -0.600. The second-order valence-electron chi connectivity index (χ2n) is 4.79. The first-order chi connectivity index (χ1) is 8.25. The maximum Gasteiger partial charge on any atom is 0.0175 e. The minimum absolute atomic E-state index is 0.748. The highest BCUT2D eigenvalue weighted by Gasteiger charge is 2.15. The van der Waals surface area contributed by atoms with Gasteiger partial charge in [-0.05, 0) is 44.0 Å². The first kappa shape index (κ1) is 12.8. The van der Waals surface area contributed by atoms with E-state index in [1.54, 1.807) is 0 Å². The lowest BCUT2D eigenvalue weighted by atomic mass is 10.0. The van der Waals surface area contributed by atoms with E-state index in [4.69, 9.17) is 0 Å². The lowest BCUT2D eigenvalue weighted by molar-refractivity contribution is 0.179. The maximum atomic E-state index is 3.45. The van der Waals surface area contributed by atoms with Crippen molar-refractivity contribution >= 4 is 22.0 Å². The van der Waals surface area contributed by atoms with Crippen LogP contribution >= 0.6 is 15.9 Å². The lowest BCUT2D eigenvalue weighted by Crippen LogP contribution is -2.37. The highest BCUT2D eigenvalue weighted by Crippen LogP contribution is 2.16. The smallest absolute Gasteiger partial charge is 0.0175 e. The molecule has 1 aliphatic heterocycles. The normalized spacial score (nSPS) is 22.1. The van der Waals surface area contributed by atoms with Crippen molar-refractivity contribution in [1.82, 2.24) is 4.90 Å². The van der Waals surface area contributed by atoms with E-state index >= 15 is 0 Å². The van der Waals surface area contributed by atoms with Crippen molar-refractivity contribution in [3.8, 4) is 0 Å². The van der Waals surface area contributed by atoms with Crippen LogP contribution in [0.3, 0.4) is 0 Å². The van der Waals surface area contributed by atoms with Crippen molar-refractivity contribution in [2.24, 2.45) is 0 Å². The zero-order chi connectivity index (χ0) is 12.1. The van der Waals surface area contributed by atoms with Gasteiger partial charge in [-0.2, -0.15) is 0 Å². The summed E-state index contributed by atoms with van der Waals surface area (Å²) in [5.74, 6) is 0. The third-order valence-electron chi connectivity index (χ3n) is 3.46. The van der Waals surface area contributed by atoms with E-state index in [-0.39, 0.29) is 0 Å². The topological polar surface area (TPSA) is 3.24 Å². The molecule has 1 fully saturated rings. The number of hydrogen-bond acceptors (Lipinski definition) is 1. The predicted molar refractivity (Wildman–Crippen MR) is 78.1 cm³/mol. The molecule has 2 rings (SSSR count). The zero-order valence-corrected chi connectivity index (χ0v) is 12.0. The molecular formula is C15H20BrN. The Bertz CT molecular complexity index is 369. The molecule has 1 saturated heterocycles. The molecule has 1 heterocycles. The third-order valence-corrected chi connectivity index (χ3v) is 3.99. The summed E-state index contributed by atoms with van der Waals surface area (Å²) in [5, 5.41) is 0. The zero-order valence-electron chi connectivity index (χ0n) is 10.4. The Kier molecular flexibility index (Phi) is 4.81. The van der Waals surface area contributed by atoms with Crippen LogP contribution < -0.4 is 0 Å². The Morgan fingerprint density at radius 2 is 2.06 bits per heavy atom. The molecular weight excluding hydrogens is 274 g/mol. The van der Waals surface area contributed by atoms with Crippen LogP contribution in [0.5, 0.6) is 0 Å². The van der Waals surface area contributed by atoms with Gasteiger partial charge in [0.05, 0.1) is 0 Å². The molecule has 0 spiro atoms. The van der Waals surface area contributed by atoms with Crippen LogP contribution in [0.15, 0.2) is 34.8 Å². The second kappa shape index (κ2) is 6.36. The fourth-order valence-corrected chi connectivity index (χ4v) is 2.59. The largest absolute Gasteiger partial charge is 0.297 e. The fraction of sp³-hybridized carbons (Fsp3) is 0.467. The summed E-state index contributed by atoms with van der Waals surface area (Å²) in [4.78, 5) is 2.57. The average Bonchev–Trinajstić information content (AvgIpc) is 2.34. The number of benzene rings is 1. The van der Waals surface area contributed by atoms with Crippen molar-refractivity contribution in [3.05, 3.63) is 40.4 Å². The van der Waals surface area contributed by atoms with E-state index in [9.17, 15) is 0 Å². The van der Waals surface area contributed by atoms with E-state index in [0.717, 1.165) is 17.1 Å². The summed E-state index contributed by atoms with van der Waals surface area (Å²) in [7, 11) is 0. The lowest BCUT2D eigenvalue weighted by Gasteiger charge is -2.32. The van der Waals surface area contributed by atoms with Crippen molar-refractivity contribution in [2.45, 2.75) is 32.2 Å². The average molecular weight is 294 g/mol. The van der Waals surface area contributed by atoms with Gasteiger partial charge in [-0.25, -0.2) is 0 Å². The van der Waals surface area contributed by atoms with Crippen LogP contribution in [0.25, 0.3) is 6.08 Å². The molecule has 1 aromatic rings. The highest BCUT2D eigenvalue weighted by molar-refractivity contribution is 9.10. The van der Waals surface area contributed by atoms with Crippen LogP contribution in [0.2, 0.25) is 0 Å². The Morgan fingerprint density at radius 1 is 1.29 bits per heavy atom. The van der Waals surface area contributed by atoms with Crippen molar-refractivity contribution in [3.63, 3.8) is 0 Å². The van der Waals surface area contributed by atoms with Gasteiger partial charge in [0.25, 0.3) is 0 Å². The van der Waals surface area contributed by atoms with Gasteiger partial charge < -0.3 is 0 Å². The van der Waals surface area contributed by atoms with Crippen molar-refractivity contribution in [1.29, 1.82) is 0 Å². The van der Waals surface area contributed by atoms with E-state index in [1.165, 1.54) is 31.4 Å². The summed E-state index contributed by atoms with van der Waals surface area (Å²) in [5.41, 5.74) is 1.28. The standard InChI is InChI=1S/C15H20BrN/c1-13-5-2-3-11-17(13)12-4-6-14-7-9-15(16)10-8-14/h4,6-10,13H,2-3,5,11-12H2,1H3/b6-4+. The molecule has 1 aromatic carbocycles. The van der Waals surface area contributed by atoms with Gasteiger partial charge in [0.15, 0.2) is 0 Å². The minimum Gasteiger partial charge on any atom is -0.297 e. The Morgan fingerprint density at radius 3 is 2.76 bits per heavy atom. The predicted octanol–water partition coefficient (Wildman–Crippen LogP) is 4.34. The highest BCUT2D eigenvalue weighted by atomic mass is 79.9. The molecule has 0 radical (unpaired) electrons. The van der Waals surface area contributed by atoms with Gasteiger partial charge in [0, 0.05) is 17.1 Å². The van der Waals surface area contributed by atoms with E-state index in [0.29, 0.717) is 0 Å². The molecule has 92 valence electrons. The SMILES string of the molecule is CC1CCCCN1C/C=C/c1ccc(Br)cc1. The van der Waals surface area contributed by atoms with Gasteiger partial charge in [-0.15, -0.1) is 0 Å². The molecule has 17 heavy (non-hydrogen) atoms. The van der Waals surface area contributed by atoms with Crippen LogP contribution in [-0.4, -0.2) is 24.0 Å². The number of hydrogen-bond donors (Lipinski definition) is 0. The molecule has 1 atom stereocenters. The van der Waals surface area contributed by atoms with E-state index in [2.05, 4.69) is 64.2 Å². The quantitative estimate of drug-likeness (QED) is 0.801. The molecule has 2 heteroatoms. The molecule has 0 N–H and O–H groups in total. The van der Waals surface area contributed by atoms with Crippen LogP contribution in [0.1, 0.15) is 31.7 Å². The van der Waals surface area contributed by atoms with Crippen LogP contribution in [-0.2, 0) is 0 Å². The third kappa shape index (κ3) is 3.97. The molecule has 0 saturated carbocycles. The van der Waals surface area contributed by atoms with Gasteiger partial charge in [0.1, 0.15) is 0 Å². The minimum atomic E-state index is 0.748. The maximum absolute atomic E-state index is 3.45. The van der Waals surface area contributed by atoms with Gasteiger partial charge in [-0.3, -0.25) is 4.90 Å². The fourth-order valence-electron chi connectivity index (χ4n) is 2.33. The van der Waals surface area contributed by atoms with Crippen LogP contribution in [0, 0.1) is 0 Å². The van der Waals surface area contributed by atoms with E-state index < -0.39 is 0 Å². The first-order valence-electron chi connectivity index (χ1n) is 6.42. The number of rotatable bonds is 3. The monoisotopic (exact) mass is 293 g/mol. The van der Waals surface area contributed by atoms with Crippen LogP contribution in [0.4, 0.5) is 0 Å². The first-order valence-corrected chi connectivity index (χ1v) is 7.21. The summed E-state index contributed by atoms with van der Waals surface area (Å²) in [6.45, 7) is 4.68. The number of piperidine rings is 1. The molecule has 0 aliphatic carbocycles. The molecule has 0 aromatic heterocycles. The van der Waals surface area contributed by atoms with Crippen molar-refractivity contribution < 1.29 is 0 Å². The Labute approximate surface area is 113 Å². The molecule has 1 aliphatic rings. The number of nitrogens with zero attached hydrogens (tertiary/aromatic N) is 1. The number of halogens is 1. The summed E-state index contributed by atoms with van der Waals surface area (Å²) in [6.07, 6.45) is 8.61. The van der Waals surface area contributed by atoms with Crippen molar-refractivity contribution in [2.75, 3.05) is 13.1 Å².